The first-order valence-electron chi connectivity index (χ1n) is 12.5. The van der Waals surface area contributed by atoms with Crippen LogP contribution in [-0.4, -0.2) is 19.0 Å². The van der Waals surface area contributed by atoms with Gasteiger partial charge in [0.25, 0.3) is 5.91 Å². The summed E-state index contributed by atoms with van der Waals surface area (Å²) < 4.78 is 10.6. The SMILES string of the molecule is CCC(C)(C)[C@H]1CCc2c(sc3c2C(=O)N[C@@H](c2ccc(OC(=O)c4ccc(OC)cc4)cc2)N3)C1. The number of fused-ring (bicyclic) bond motifs is 3. The maximum atomic E-state index is 13.1. The third kappa shape index (κ3) is 4.60. The molecule has 0 bridgehead atoms. The molecule has 1 aromatic heterocycles. The lowest BCUT2D eigenvalue weighted by Gasteiger charge is -2.36. The minimum Gasteiger partial charge on any atom is -0.497 e. The van der Waals surface area contributed by atoms with Crippen molar-refractivity contribution >= 4 is 28.2 Å². The molecule has 5 rings (SSSR count). The summed E-state index contributed by atoms with van der Waals surface area (Å²) in [5.41, 5.74) is 3.69. The van der Waals surface area contributed by atoms with E-state index in [2.05, 4.69) is 31.4 Å². The zero-order valence-corrected chi connectivity index (χ0v) is 22.0. The maximum Gasteiger partial charge on any atom is 0.343 e. The summed E-state index contributed by atoms with van der Waals surface area (Å²) >= 11 is 1.73. The second-order valence-corrected chi connectivity index (χ2v) is 11.3. The van der Waals surface area contributed by atoms with Crippen LogP contribution in [0.15, 0.2) is 48.5 Å². The number of thiophene rings is 1. The lowest BCUT2D eigenvalue weighted by molar-refractivity contribution is 0.0734. The zero-order chi connectivity index (χ0) is 25.4. The highest BCUT2D eigenvalue weighted by atomic mass is 32.1. The molecule has 2 heterocycles. The quantitative estimate of drug-likeness (QED) is 0.301. The Morgan fingerprint density at radius 1 is 1.06 bits per heavy atom. The molecule has 0 radical (unpaired) electrons. The van der Waals surface area contributed by atoms with E-state index in [0.717, 1.165) is 41.8 Å². The number of methoxy groups -OCH3 is 1. The fourth-order valence-electron chi connectivity index (χ4n) is 5.04. The minimum absolute atomic E-state index is 0.0190. The van der Waals surface area contributed by atoms with Gasteiger partial charge in [-0.15, -0.1) is 11.3 Å². The molecule has 7 heteroatoms. The normalized spacial score (nSPS) is 18.9. The Hall–Kier alpha value is -3.32. The third-order valence-corrected chi connectivity index (χ3v) is 8.99. The molecule has 2 aliphatic rings. The van der Waals surface area contributed by atoms with E-state index in [1.54, 1.807) is 54.8 Å². The summed E-state index contributed by atoms with van der Waals surface area (Å²) in [5, 5.41) is 7.60. The lowest BCUT2D eigenvalue weighted by atomic mass is 9.69. The molecule has 36 heavy (non-hydrogen) atoms. The second kappa shape index (κ2) is 9.62. The summed E-state index contributed by atoms with van der Waals surface area (Å²) in [6.45, 7) is 6.98. The maximum absolute atomic E-state index is 13.1. The fourth-order valence-corrected chi connectivity index (χ4v) is 6.39. The fraction of sp³-hybridized carbons (Fsp3) is 0.379. The van der Waals surface area contributed by atoms with Crippen LogP contribution in [0.1, 0.15) is 76.5 Å². The van der Waals surface area contributed by atoms with Crippen molar-refractivity contribution in [2.45, 2.75) is 52.6 Å². The van der Waals surface area contributed by atoms with Crippen molar-refractivity contribution in [3.63, 3.8) is 0 Å². The molecule has 2 N–H and O–H groups in total. The molecular formula is C29H32N2O4S. The lowest BCUT2D eigenvalue weighted by Crippen LogP contribution is -2.38. The molecule has 1 aliphatic carbocycles. The van der Waals surface area contributed by atoms with Crippen LogP contribution in [0, 0.1) is 11.3 Å². The Balaban J connectivity index is 1.28. The van der Waals surface area contributed by atoms with E-state index in [9.17, 15) is 9.59 Å². The number of benzene rings is 2. The first-order valence-corrected chi connectivity index (χ1v) is 13.3. The van der Waals surface area contributed by atoms with Gasteiger partial charge in [-0.1, -0.05) is 39.3 Å². The number of anilines is 1. The van der Waals surface area contributed by atoms with Gasteiger partial charge in [-0.3, -0.25) is 4.79 Å². The second-order valence-electron chi connectivity index (χ2n) is 10.2. The molecule has 0 saturated carbocycles. The van der Waals surface area contributed by atoms with Crippen LogP contribution in [0.2, 0.25) is 0 Å². The number of hydrogen-bond acceptors (Lipinski definition) is 6. The van der Waals surface area contributed by atoms with E-state index in [1.807, 2.05) is 12.1 Å². The first kappa shape index (κ1) is 24.4. The number of carbonyl (C=O) groups excluding carboxylic acids is 2. The molecule has 188 valence electrons. The van der Waals surface area contributed by atoms with Crippen LogP contribution >= 0.6 is 11.3 Å². The molecule has 3 aromatic rings. The summed E-state index contributed by atoms with van der Waals surface area (Å²) in [6.07, 6.45) is 3.96. The molecule has 0 unspecified atom stereocenters. The molecule has 0 fully saturated rings. The molecule has 1 amide bonds. The van der Waals surface area contributed by atoms with Crippen molar-refractivity contribution in [3.05, 3.63) is 75.7 Å². The van der Waals surface area contributed by atoms with E-state index in [0.29, 0.717) is 28.4 Å². The first-order chi connectivity index (χ1) is 17.3. The highest BCUT2D eigenvalue weighted by molar-refractivity contribution is 7.16. The molecule has 1 aliphatic heterocycles. The van der Waals surface area contributed by atoms with E-state index in [1.165, 1.54) is 10.4 Å². The summed E-state index contributed by atoms with van der Waals surface area (Å²) in [5.74, 6) is 1.31. The predicted molar refractivity (Wildman–Crippen MR) is 142 cm³/mol. The van der Waals surface area contributed by atoms with E-state index < -0.39 is 5.97 Å². The van der Waals surface area contributed by atoms with Crippen molar-refractivity contribution in [2.75, 3.05) is 12.4 Å². The van der Waals surface area contributed by atoms with Crippen molar-refractivity contribution in [2.24, 2.45) is 11.3 Å². The van der Waals surface area contributed by atoms with Crippen molar-refractivity contribution < 1.29 is 19.1 Å². The molecule has 0 saturated heterocycles. The van der Waals surface area contributed by atoms with Gasteiger partial charge in [0, 0.05) is 4.88 Å². The Morgan fingerprint density at radius 2 is 1.75 bits per heavy atom. The standard InChI is InChI=1S/C29H32N2O4S/c1-5-29(2,3)19-10-15-22-23(16-19)36-27-24(22)26(32)30-25(31-27)17-6-13-21(14-7-17)35-28(33)18-8-11-20(34-4)12-9-18/h6-9,11-14,19,25,31H,5,10,15-16H2,1-4H3,(H,30,32)/t19-,25+/m0/s1. The topological polar surface area (TPSA) is 76.7 Å². The molecule has 2 atom stereocenters. The van der Waals surface area contributed by atoms with Crippen molar-refractivity contribution in [3.8, 4) is 11.5 Å². The summed E-state index contributed by atoms with van der Waals surface area (Å²) in [7, 11) is 1.58. The minimum atomic E-state index is -0.437. The van der Waals surface area contributed by atoms with Crippen LogP contribution in [0.5, 0.6) is 11.5 Å². The van der Waals surface area contributed by atoms with Crippen LogP contribution in [0.3, 0.4) is 0 Å². The molecule has 0 spiro atoms. The highest BCUT2D eigenvalue weighted by Crippen LogP contribution is 2.47. The van der Waals surface area contributed by atoms with Crippen molar-refractivity contribution in [1.29, 1.82) is 0 Å². The predicted octanol–water partition coefficient (Wildman–Crippen LogP) is 6.37. The van der Waals surface area contributed by atoms with Gasteiger partial charge in [-0.05, 0) is 78.1 Å². The zero-order valence-electron chi connectivity index (χ0n) is 21.1. The van der Waals surface area contributed by atoms with Crippen LogP contribution in [0.4, 0.5) is 5.00 Å². The Labute approximate surface area is 216 Å². The highest BCUT2D eigenvalue weighted by Gasteiger charge is 2.37. The number of hydrogen-bond donors (Lipinski definition) is 2. The average molecular weight is 505 g/mol. The van der Waals surface area contributed by atoms with Gasteiger partial charge in [0.05, 0.1) is 18.2 Å². The van der Waals surface area contributed by atoms with Crippen molar-refractivity contribution in [1.82, 2.24) is 5.32 Å². The molecule has 2 aromatic carbocycles. The van der Waals surface area contributed by atoms with E-state index >= 15 is 0 Å². The number of carbonyl (C=O) groups is 2. The van der Waals surface area contributed by atoms with Gasteiger partial charge in [-0.25, -0.2) is 4.79 Å². The summed E-state index contributed by atoms with van der Waals surface area (Å²) in [6, 6.07) is 14.0. The van der Waals surface area contributed by atoms with Crippen LogP contribution in [-0.2, 0) is 12.8 Å². The monoisotopic (exact) mass is 504 g/mol. The average Bonchev–Trinajstić information content (AvgIpc) is 3.27. The van der Waals surface area contributed by atoms with Gasteiger partial charge in [-0.2, -0.15) is 0 Å². The van der Waals surface area contributed by atoms with Gasteiger partial charge < -0.3 is 20.1 Å². The molecular weight excluding hydrogens is 472 g/mol. The Bertz CT molecular complexity index is 1280. The van der Waals surface area contributed by atoms with Gasteiger partial charge in [0.2, 0.25) is 0 Å². The van der Waals surface area contributed by atoms with Gasteiger partial charge in [0.15, 0.2) is 0 Å². The van der Waals surface area contributed by atoms with Gasteiger partial charge in [0.1, 0.15) is 22.7 Å². The number of rotatable bonds is 6. The van der Waals surface area contributed by atoms with Crippen LogP contribution in [0.25, 0.3) is 0 Å². The number of ether oxygens (including phenoxy) is 2. The van der Waals surface area contributed by atoms with E-state index in [4.69, 9.17) is 9.47 Å². The van der Waals surface area contributed by atoms with E-state index in [-0.39, 0.29) is 12.1 Å². The largest absolute Gasteiger partial charge is 0.497 e. The summed E-state index contributed by atoms with van der Waals surface area (Å²) in [4.78, 5) is 26.9. The Morgan fingerprint density at radius 3 is 2.42 bits per heavy atom. The van der Waals surface area contributed by atoms with Gasteiger partial charge >= 0.3 is 5.97 Å². The smallest absolute Gasteiger partial charge is 0.343 e. The molecule has 6 nitrogen and oxygen atoms in total. The third-order valence-electron chi connectivity index (χ3n) is 7.81. The number of amides is 1. The number of esters is 1. The van der Waals surface area contributed by atoms with Crippen LogP contribution < -0.4 is 20.1 Å². The Kier molecular flexibility index (Phi) is 6.51. The number of nitrogens with one attached hydrogen (secondary N) is 2.